The molecule has 162 valence electrons. The normalized spacial score (nSPS) is 11.2. The molecule has 0 bridgehead atoms. The molecular formula is C27H20ClN3OS. The van der Waals surface area contributed by atoms with Crippen LogP contribution in [0.15, 0.2) is 90.4 Å². The number of nitrogens with zero attached hydrogens (tertiary/aromatic N) is 3. The molecule has 3 aromatic carbocycles. The van der Waals surface area contributed by atoms with Crippen molar-refractivity contribution in [2.75, 3.05) is 7.11 Å². The minimum Gasteiger partial charge on any atom is -0.497 e. The van der Waals surface area contributed by atoms with Crippen molar-refractivity contribution >= 4 is 35.1 Å². The van der Waals surface area contributed by atoms with Gasteiger partial charge in [0.15, 0.2) is 0 Å². The van der Waals surface area contributed by atoms with Gasteiger partial charge >= 0.3 is 0 Å². The summed E-state index contributed by atoms with van der Waals surface area (Å²) in [5, 5.41) is 8.57. The zero-order valence-corrected chi connectivity index (χ0v) is 19.4. The highest BCUT2D eigenvalue weighted by molar-refractivity contribution is 7.10. The predicted molar refractivity (Wildman–Crippen MR) is 137 cm³/mol. The number of benzene rings is 3. The van der Waals surface area contributed by atoms with E-state index in [0.29, 0.717) is 0 Å². The van der Waals surface area contributed by atoms with Gasteiger partial charge in [-0.25, -0.2) is 9.67 Å². The highest BCUT2D eigenvalue weighted by atomic mass is 35.5. The third-order valence-corrected chi connectivity index (χ3v) is 6.26. The van der Waals surface area contributed by atoms with Crippen molar-refractivity contribution in [3.8, 4) is 34.0 Å². The van der Waals surface area contributed by atoms with Crippen LogP contribution in [-0.2, 0) is 0 Å². The fourth-order valence-electron chi connectivity index (χ4n) is 3.47. The Morgan fingerprint density at radius 3 is 2.33 bits per heavy atom. The van der Waals surface area contributed by atoms with E-state index in [0.717, 1.165) is 49.5 Å². The quantitative estimate of drug-likeness (QED) is 0.258. The Morgan fingerprint density at radius 2 is 1.61 bits per heavy atom. The fraction of sp³-hybridized carbons (Fsp3) is 0.0370. The average molecular weight is 470 g/mol. The van der Waals surface area contributed by atoms with Crippen molar-refractivity contribution in [1.29, 1.82) is 0 Å². The van der Waals surface area contributed by atoms with Crippen LogP contribution in [0.3, 0.4) is 0 Å². The monoisotopic (exact) mass is 469 g/mol. The lowest BCUT2D eigenvalue weighted by Gasteiger charge is -2.02. The molecule has 6 heteroatoms. The number of thiazole rings is 1. The van der Waals surface area contributed by atoms with Crippen LogP contribution in [0.5, 0.6) is 5.75 Å². The number of ether oxygens (including phenoxy) is 1. The highest BCUT2D eigenvalue weighted by Crippen LogP contribution is 2.29. The van der Waals surface area contributed by atoms with E-state index in [9.17, 15) is 0 Å². The van der Waals surface area contributed by atoms with Crippen LogP contribution in [0, 0.1) is 0 Å². The zero-order valence-electron chi connectivity index (χ0n) is 17.9. The Balaban J connectivity index is 1.49. The van der Waals surface area contributed by atoms with Crippen LogP contribution in [0.2, 0.25) is 5.02 Å². The van der Waals surface area contributed by atoms with Gasteiger partial charge in [0.05, 0.1) is 24.2 Å². The second kappa shape index (κ2) is 9.45. The highest BCUT2D eigenvalue weighted by Gasteiger charge is 2.11. The molecule has 0 aliphatic carbocycles. The lowest BCUT2D eigenvalue weighted by molar-refractivity contribution is 0.415. The molecule has 0 atom stereocenters. The van der Waals surface area contributed by atoms with E-state index in [1.54, 1.807) is 18.4 Å². The van der Waals surface area contributed by atoms with Gasteiger partial charge in [0.1, 0.15) is 10.8 Å². The lowest BCUT2D eigenvalue weighted by Crippen LogP contribution is -1.94. The summed E-state index contributed by atoms with van der Waals surface area (Å²) in [5.41, 5.74) is 5.91. The van der Waals surface area contributed by atoms with Crippen LogP contribution in [-0.4, -0.2) is 21.9 Å². The summed E-state index contributed by atoms with van der Waals surface area (Å²) in [7, 11) is 1.67. The second-order valence-corrected chi connectivity index (χ2v) is 8.68. The number of rotatable bonds is 6. The molecule has 0 spiro atoms. The van der Waals surface area contributed by atoms with Crippen molar-refractivity contribution in [3.05, 3.63) is 106 Å². The number of para-hydroxylation sites is 1. The average Bonchev–Trinajstić information content (AvgIpc) is 3.51. The number of methoxy groups -OCH3 is 1. The van der Waals surface area contributed by atoms with E-state index in [2.05, 4.69) is 11.5 Å². The molecule has 4 nitrogen and oxygen atoms in total. The number of hydrogen-bond donors (Lipinski definition) is 0. The molecule has 0 aliphatic heterocycles. The molecule has 5 rings (SSSR count). The molecule has 33 heavy (non-hydrogen) atoms. The maximum atomic E-state index is 6.01. The summed E-state index contributed by atoms with van der Waals surface area (Å²) in [5.74, 6) is 0.816. The smallest absolute Gasteiger partial charge is 0.118 e. The van der Waals surface area contributed by atoms with Gasteiger partial charge in [0.2, 0.25) is 0 Å². The van der Waals surface area contributed by atoms with Gasteiger partial charge in [-0.1, -0.05) is 41.9 Å². The van der Waals surface area contributed by atoms with Gasteiger partial charge in [-0.05, 0) is 60.7 Å². The predicted octanol–water partition coefficient (Wildman–Crippen LogP) is 7.50. The van der Waals surface area contributed by atoms with Crippen LogP contribution in [0.25, 0.3) is 40.4 Å². The Labute approximate surface area is 201 Å². The first kappa shape index (κ1) is 21.2. The maximum absolute atomic E-state index is 6.01. The largest absolute Gasteiger partial charge is 0.497 e. The van der Waals surface area contributed by atoms with Gasteiger partial charge in [-0.3, -0.25) is 0 Å². The minimum absolute atomic E-state index is 0.718. The van der Waals surface area contributed by atoms with E-state index >= 15 is 0 Å². The summed E-state index contributed by atoms with van der Waals surface area (Å²) in [4.78, 5) is 4.76. The zero-order chi connectivity index (χ0) is 22.6. The third-order valence-electron chi connectivity index (χ3n) is 5.19. The standard InChI is InChI=1S/C27H20ClN3OS/c1-32-24-14-9-20(10-15-24)27-21(17-31(30-27)23-5-3-2-4-6-23)11-16-26-29-25(18-33-26)19-7-12-22(28)13-8-19/h2-18H,1H3. The van der Waals surface area contributed by atoms with Gasteiger partial charge in [0, 0.05) is 33.3 Å². The first-order chi connectivity index (χ1) is 16.2. The summed E-state index contributed by atoms with van der Waals surface area (Å²) < 4.78 is 7.21. The molecule has 0 amide bonds. The van der Waals surface area contributed by atoms with E-state index in [1.165, 1.54) is 0 Å². The molecule has 0 radical (unpaired) electrons. The summed E-state index contributed by atoms with van der Waals surface area (Å²) in [6.07, 6.45) is 6.14. The van der Waals surface area contributed by atoms with Crippen molar-refractivity contribution in [2.24, 2.45) is 0 Å². The van der Waals surface area contributed by atoms with Crippen molar-refractivity contribution in [1.82, 2.24) is 14.8 Å². The van der Waals surface area contributed by atoms with Gasteiger partial charge < -0.3 is 4.74 Å². The van der Waals surface area contributed by atoms with Gasteiger partial charge in [0.25, 0.3) is 0 Å². The first-order valence-electron chi connectivity index (χ1n) is 10.4. The van der Waals surface area contributed by atoms with Crippen molar-refractivity contribution < 1.29 is 4.74 Å². The topological polar surface area (TPSA) is 39.9 Å². The Hall–Kier alpha value is -3.67. The third kappa shape index (κ3) is 4.75. The Bertz CT molecular complexity index is 1390. The van der Waals surface area contributed by atoms with E-state index in [1.807, 2.05) is 95.8 Å². The molecule has 2 heterocycles. The number of aromatic nitrogens is 3. The fourth-order valence-corrected chi connectivity index (χ4v) is 4.32. The summed E-state index contributed by atoms with van der Waals surface area (Å²) in [6, 6.07) is 25.8. The molecule has 5 aromatic rings. The van der Waals surface area contributed by atoms with E-state index in [-0.39, 0.29) is 0 Å². The van der Waals surface area contributed by atoms with Gasteiger partial charge in [-0.15, -0.1) is 11.3 Å². The molecule has 0 saturated carbocycles. The van der Waals surface area contributed by atoms with Crippen LogP contribution < -0.4 is 4.74 Å². The Kier molecular flexibility index (Phi) is 6.07. The van der Waals surface area contributed by atoms with Gasteiger partial charge in [-0.2, -0.15) is 5.10 Å². The molecule has 0 unspecified atom stereocenters. The van der Waals surface area contributed by atoms with Crippen LogP contribution in [0.4, 0.5) is 0 Å². The van der Waals surface area contributed by atoms with E-state index < -0.39 is 0 Å². The minimum atomic E-state index is 0.718. The molecule has 0 fully saturated rings. The maximum Gasteiger partial charge on any atom is 0.118 e. The second-order valence-electron chi connectivity index (χ2n) is 7.35. The Morgan fingerprint density at radius 1 is 0.879 bits per heavy atom. The molecule has 0 N–H and O–H groups in total. The SMILES string of the molecule is COc1ccc(-c2nn(-c3ccccc3)cc2C=Cc2nc(-c3ccc(Cl)cc3)cs2)cc1. The number of hydrogen-bond acceptors (Lipinski definition) is 4. The molecule has 2 aromatic heterocycles. The molecule has 0 aliphatic rings. The lowest BCUT2D eigenvalue weighted by atomic mass is 10.1. The van der Waals surface area contributed by atoms with Crippen LogP contribution >= 0.6 is 22.9 Å². The first-order valence-corrected chi connectivity index (χ1v) is 11.6. The van der Waals surface area contributed by atoms with Crippen LogP contribution in [0.1, 0.15) is 10.6 Å². The summed E-state index contributed by atoms with van der Waals surface area (Å²) >= 11 is 7.61. The molecular weight excluding hydrogens is 450 g/mol. The van der Waals surface area contributed by atoms with E-state index in [4.69, 9.17) is 26.4 Å². The van der Waals surface area contributed by atoms with Crippen molar-refractivity contribution in [2.45, 2.75) is 0 Å². The van der Waals surface area contributed by atoms with Crippen molar-refractivity contribution in [3.63, 3.8) is 0 Å². The summed E-state index contributed by atoms with van der Waals surface area (Å²) in [6.45, 7) is 0. The molecule has 0 saturated heterocycles. The number of halogens is 1.